The zero-order chi connectivity index (χ0) is 13.4. The normalized spacial score (nSPS) is 10.8. The minimum atomic E-state index is -0.441. The summed E-state index contributed by atoms with van der Waals surface area (Å²) in [6, 6.07) is 9.45. The zero-order valence-corrected chi connectivity index (χ0v) is 10.8. The lowest BCUT2D eigenvalue weighted by Crippen LogP contribution is -2.10. The van der Waals surface area contributed by atoms with Crippen LogP contribution in [0.1, 0.15) is 0 Å². The molecule has 96 valence electrons. The molecule has 0 saturated carbocycles. The number of methoxy groups -OCH3 is 1. The van der Waals surface area contributed by atoms with Crippen LogP contribution in [0.3, 0.4) is 0 Å². The molecule has 0 bridgehead atoms. The van der Waals surface area contributed by atoms with Crippen molar-refractivity contribution in [2.75, 3.05) is 7.11 Å². The van der Waals surface area contributed by atoms with E-state index in [0.29, 0.717) is 9.84 Å². The monoisotopic (exact) mass is 274 g/mol. The Labute approximate surface area is 112 Å². The molecule has 0 radical (unpaired) electrons. The molecule has 0 saturated heterocycles. The number of nitrogens with zero attached hydrogens (tertiary/aromatic N) is 2. The Bertz CT molecular complexity index is 793. The maximum absolute atomic E-state index is 11.6. The molecule has 6 heteroatoms. The Hall–Kier alpha value is -2.34. The van der Waals surface area contributed by atoms with Gasteiger partial charge in [0.05, 0.1) is 18.2 Å². The largest absolute Gasteiger partial charge is 0.493 e. The molecule has 0 aliphatic heterocycles. The Balaban J connectivity index is 2.29. The molecule has 0 unspecified atom stereocenters. The lowest BCUT2D eigenvalue weighted by atomic mass is 10.2. The molecule has 2 aromatic heterocycles. The van der Waals surface area contributed by atoms with E-state index in [4.69, 9.17) is 4.74 Å². The molecule has 0 aliphatic carbocycles. The summed E-state index contributed by atoms with van der Waals surface area (Å²) in [5, 5.41) is 10.2. The third kappa shape index (κ3) is 1.86. The molecule has 2 heterocycles. The summed E-state index contributed by atoms with van der Waals surface area (Å²) < 4.78 is 6.37. The number of hydrogen-bond acceptors (Lipinski definition) is 5. The fourth-order valence-corrected chi connectivity index (χ4v) is 2.80. The van der Waals surface area contributed by atoms with Crippen LogP contribution in [-0.2, 0) is 0 Å². The third-order valence-corrected chi connectivity index (χ3v) is 3.83. The molecular formula is C13H10N2O3S. The van der Waals surface area contributed by atoms with Gasteiger partial charge in [0.15, 0.2) is 0 Å². The molecule has 3 rings (SSSR count). The van der Waals surface area contributed by atoms with Crippen molar-refractivity contribution in [1.82, 2.24) is 9.38 Å². The first kappa shape index (κ1) is 11.7. The van der Waals surface area contributed by atoms with Crippen LogP contribution < -0.4 is 10.3 Å². The van der Waals surface area contributed by atoms with Crippen LogP contribution in [-0.4, -0.2) is 21.6 Å². The highest BCUT2D eigenvalue weighted by Gasteiger charge is 2.15. The van der Waals surface area contributed by atoms with Gasteiger partial charge in [-0.3, -0.25) is 9.20 Å². The number of aromatic hydroxyl groups is 1. The van der Waals surface area contributed by atoms with Crippen LogP contribution >= 0.6 is 11.3 Å². The molecule has 0 atom stereocenters. The van der Waals surface area contributed by atoms with E-state index in [1.807, 2.05) is 30.3 Å². The van der Waals surface area contributed by atoms with Gasteiger partial charge >= 0.3 is 5.56 Å². The van der Waals surface area contributed by atoms with Crippen LogP contribution in [0.4, 0.5) is 0 Å². The van der Waals surface area contributed by atoms with Crippen LogP contribution in [0.25, 0.3) is 15.4 Å². The maximum Gasteiger partial charge on any atom is 0.316 e. The van der Waals surface area contributed by atoms with Gasteiger partial charge < -0.3 is 9.84 Å². The first-order valence-corrected chi connectivity index (χ1v) is 6.37. The number of rotatable bonds is 2. The Morgan fingerprint density at radius 3 is 2.74 bits per heavy atom. The maximum atomic E-state index is 11.6. The summed E-state index contributed by atoms with van der Waals surface area (Å²) >= 11 is 1.26. The highest BCUT2D eigenvalue weighted by molar-refractivity contribution is 7.20. The molecule has 0 amide bonds. The summed E-state index contributed by atoms with van der Waals surface area (Å²) in [5.74, 6) is 0.155. The number of hydrogen-bond donors (Lipinski definition) is 1. The molecule has 0 spiro atoms. The quantitative estimate of drug-likeness (QED) is 0.777. The van der Waals surface area contributed by atoms with Gasteiger partial charge in [0.1, 0.15) is 0 Å². The molecule has 0 fully saturated rings. The lowest BCUT2D eigenvalue weighted by Gasteiger charge is -2.00. The summed E-state index contributed by atoms with van der Waals surface area (Å²) in [5.41, 5.74) is 0.435. The number of aromatic nitrogens is 2. The van der Waals surface area contributed by atoms with E-state index < -0.39 is 5.56 Å². The Kier molecular flexibility index (Phi) is 2.72. The van der Waals surface area contributed by atoms with Gasteiger partial charge in [0, 0.05) is 0 Å². The van der Waals surface area contributed by atoms with Gasteiger partial charge in [-0.25, -0.2) is 0 Å². The second kappa shape index (κ2) is 4.40. The minimum absolute atomic E-state index is 0.0528. The molecular weight excluding hydrogens is 264 g/mol. The van der Waals surface area contributed by atoms with Crippen LogP contribution in [0.15, 0.2) is 41.3 Å². The number of ether oxygens (including phenoxy) is 1. The number of fused-ring (bicyclic) bond motifs is 1. The van der Waals surface area contributed by atoms with Crippen molar-refractivity contribution in [2.45, 2.75) is 0 Å². The van der Waals surface area contributed by atoms with Crippen molar-refractivity contribution in [3.8, 4) is 22.1 Å². The molecule has 19 heavy (non-hydrogen) atoms. The van der Waals surface area contributed by atoms with Crippen molar-refractivity contribution >= 4 is 16.3 Å². The van der Waals surface area contributed by atoms with Crippen molar-refractivity contribution in [3.63, 3.8) is 0 Å². The molecule has 0 aliphatic rings. The molecule has 1 aromatic carbocycles. The summed E-state index contributed by atoms with van der Waals surface area (Å²) in [4.78, 5) is 16.6. The Morgan fingerprint density at radius 2 is 2.05 bits per heavy atom. The van der Waals surface area contributed by atoms with Crippen molar-refractivity contribution in [2.24, 2.45) is 0 Å². The number of thiazole rings is 1. The van der Waals surface area contributed by atoms with E-state index in [-0.39, 0.29) is 11.6 Å². The van der Waals surface area contributed by atoms with Crippen molar-refractivity contribution < 1.29 is 9.84 Å². The van der Waals surface area contributed by atoms with E-state index in [2.05, 4.69) is 4.98 Å². The second-order valence-electron chi connectivity index (χ2n) is 3.89. The van der Waals surface area contributed by atoms with Gasteiger partial charge in [-0.1, -0.05) is 41.7 Å². The highest BCUT2D eigenvalue weighted by atomic mass is 32.1. The fraction of sp³-hybridized carbons (Fsp3) is 0.0769. The Morgan fingerprint density at radius 1 is 1.32 bits per heavy atom. The number of benzene rings is 1. The van der Waals surface area contributed by atoms with E-state index in [1.54, 1.807) is 0 Å². The van der Waals surface area contributed by atoms with E-state index >= 15 is 0 Å². The third-order valence-electron chi connectivity index (χ3n) is 2.74. The topological polar surface area (TPSA) is 63.8 Å². The standard InChI is InChI=1S/C13H10N2O3S/c1-18-9-7-15-12(17)10(8-5-3-2-4-6-8)19-13(15)14-11(9)16/h2-7,17H,1H3. The molecule has 3 aromatic rings. The average molecular weight is 274 g/mol. The van der Waals surface area contributed by atoms with Gasteiger partial charge in [0.2, 0.25) is 16.6 Å². The van der Waals surface area contributed by atoms with Gasteiger partial charge in [-0.2, -0.15) is 4.98 Å². The van der Waals surface area contributed by atoms with Crippen molar-refractivity contribution in [1.29, 1.82) is 0 Å². The smallest absolute Gasteiger partial charge is 0.316 e. The van der Waals surface area contributed by atoms with Crippen LogP contribution in [0.5, 0.6) is 11.6 Å². The molecule has 5 nitrogen and oxygen atoms in total. The van der Waals surface area contributed by atoms with E-state index in [1.165, 1.54) is 29.0 Å². The predicted octanol–water partition coefficient (Wildman–Crippen LogP) is 2.14. The van der Waals surface area contributed by atoms with Crippen LogP contribution in [0, 0.1) is 0 Å². The van der Waals surface area contributed by atoms with E-state index in [9.17, 15) is 9.90 Å². The van der Waals surface area contributed by atoms with Gasteiger partial charge in [-0.05, 0) is 5.56 Å². The lowest BCUT2D eigenvalue weighted by molar-refractivity contribution is 0.401. The minimum Gasteiger partial charge on any atom is -0.493 e. The average Bonchev–Trinajstić information content (AvgIpc) is 2.75. The SMILES string of the molecule is COc1cn2c(O)c(-c3ccccc3)sc2nc1=O. The zero-order valence-electron chi connectivity index (χ0n) is 10.0. The van der Waals surface area contributed by atoms with Crippen LogP contribution in [0.2, 0.25) is 0 Å². The highest BCUT2D eigenvalue weighted by Crippen LogP contribution is 2.36. The van der Waals surface area contributed by atoms with Gasteiger partial charge in [-0.15, -0.1) is 0 Å². The van der Waals surface area contributed by atoms with Crippen molar-refractivity contribution in [3.05, 3.63) is 46.9 Å². The summed E-state index contributed by atoms with van der Waals surface area (Å²) in [7, 11) is 1.40. The predicted molar refractivity (Wildman–Crippen MR) is 73.0 cm³/mol. The fourth-order valence-electron chi connectivity index (χ4n) is 1.81. The first-order valence-electron chi connectivity index (χ1n) is 5.55. The molecule has 1 N–H and O–H groups in total. The second-order valence-corrected chi connectivity index (χ2v) is 4.87. The first-order chi connectivity index (χ1) is 9.20. The summed E-state index contributed by atoms with van der Waals surface area (Å²) in [6.45, 7) is 0. The summed E-state index contributed by atoms with van der Waals surface area (Å²) in [6.07, 6.45) is 1.45. The van der Waals surface area contributed by atoms with E-state index in [0.717, 1.165) is 5.56 Å². The van der Waals surface area contributed by atoms with Gasteiger partial charge in [0.25, 0.3) is 0 Å².